The molecule has 1 unspecified atom stereocenters. The summed E-state index contributed by atoms with van der Waals surface area (Å²) in [5.41, 5.74) is 15.3. The number of hydrogen-bond donors (Lipinski definition) is 1. The van der Waals surface area contributed by atoms with Gasteiger partial charge in [0.05, 0.1) is 17.6 Å². The smallest absolute Gasteiger partial charge is 0.166 e. The van der Waals surface area contributed by atoms with Crippen molar-refractivity contribution in [2.45, 2.75) is 52.7 Å². The van der Waals surface area contributed by atoms with Crippen LogP contribution < -0.4 is 10.5 Å². The first-order chi connectivity index (χ1) is 16.3. The van der Waals surface area contributed by atoms with Gasteiger partial charge >= 0.3 is 0 Å². The van der Waals surface area contributed by atoms with E-state index >= 15 is 0 Å². The Morgan fingerprint density at radius 3 is 2.79 bits per heavy atom. The molecule has 1 aromatic carbocycles. The third kappa shape index (κ3) is 3.56. The van der Waals surface area contributed by atoms with Gasteiger partial charge in [-0.3, -0.25) is 9.36 Å². The van der Waals surface area contributed by atoms with Crippen LogP contribution in [0.4, 0.5) is 5.82 Å². The minimum absolute atomic E-state index is 0.224. The molecule has 1 aliphatic carbocycles. The molecule has 174 valence electrons. The minimum Gasteiger partial charge on any atom is -0.482 e. The lowest BCUT2D eigenvalue weighted by atomic mass is 9.93. The molecule has 34 heavy (non-hydrogen) atoms. The van der Waals surface area contributed by atoms with E-state index in [-0.39, 0.29) is 6.10 Å². The Hall–Kier alpha value is -3.61. The second-order valence-electron chi connectivity index (χ2n) is 10.3. The number of hydrogen-bond acceptors (Lipinski definition) is 5. The summed E-state index contributed by atoms with van der Waals surface area (Å²) in [4.78, 5) is 4.51. The number of benzene rings is 1. The summed E-state index contributed by atoms with van der Waals surface area (Å²) < 4.78 is 10.5. The number of anilines is 1. The van der Waals surface area contributed by atoms with Crippen LogP contribution in [0.25, 0.3) is 22.5 Å². The van der Waals surface area contributed by atoms with E-state index in [2.05, 4.69) is 54.8 Å². The number of nitrogens with two attached hydrogens (primary N) is 1. The first-order valence-electron chi connectivity index (χ1n) is 11.9. The highest BCUT2D eigenvalue weighted by Gasteiger charge is 2.38. The molecule has 3 aromatic heterocycles. The molecule has 7 nitrogen and oxygen atoms in total. The van der Waals surface area contributed by atoms with Gasteiger partial charge in [-0.15, -0.1) is 0 Å². The lowest BCUT2D eigenvalue weighted by Crippen LogP contribution is -2.12. The maximum absolute atomic E-state index is 6.45. The zero-order valence-corrected chi connectivity index (χ0v) is 20.2. The van der Waals surface area contributed by atoms with Crippen molar-refractivity contribution in [1.82, 2.24) is 24.5 Å². The molecule has 2 bridgehead atoms. The van der Waals surface area contributed by atoms with Crippen molar-refractivity contribution < 1.29 is 4.74 Å². The maximum Gasteiger partial charge on any atom is 0.166 e. The number of aryl methyl sites for hydroxylation is 2. The molecule has 4 aromatic rings. The fraction of sp³-hybridized carbons (Fsp3) is 0.370. The van der Waals surface area contributed by atoms with E-state index in [0.29, 0.717) is 17.0 Å². The third-order valence-corrected chi connectivity index (χ3v) is 7.19. The summed E-state index contributed by atoms with van der Waals surface area (Å²) in [7, 11) is 1.98. The van der Waals surface area contributed by atoms with Crippen LogP contribution in [0.3, 0.4) is 0 Å². The Morgan fingerprint density at radius 2 is 2.00 bits per heavy atom. The topological polar surface area (TPSA) is 83.8 Å². The predicted molar refractivity (Wildman–Crippen MR) is 132 cm³/mol. The average Bonchev–Trinajstić information content (AvgIpc) is 3.22. The molecule has 6 rings (SSSR count). The quantitative estimate of drug-likeness (QED) is 0.457. The Bertz CT molecular complexity index is 1410. The molecule has 0 saturated heterocycles. The number of nitrogen functional groups attached to an aromatic ring is 1. The molecule has 7 heteroatoms. The molecule has 1 fully saturated rings. The fourth-order valence-corrected chi connectivity index (χ4v) is 5.01. The van der Waals surface area contributed by atoms with Gasteiger partial charge in [0.15, 0.2) is 11.6 Å². The number of aromatic nitrogens is 5. The molecule has 2 N–H and O–H groups in total. The predicted octanol–water partition coefficient (Wildman–Crippen LogP) is 5.08. The highest BCUT2D eigenvalue weighted by molar-refractivity contribution is 5.72. The lowest BCUT2D eigenvalue weighted by Gasteiger charge is -2.21. The largest absolute Gasteiger partial charge is 0.482 e. The summed E-state index contributed by atoms with van der Waals surface area (Å²) >= 11 is 0. The first-order valence-corrected chi connectivity index (χ1v) is 11.9. The van der Waals surface area contributed by atoms with Gasteiger partial charge in [0.2, 0.25) is 0 Å². The van der Waals surface area contributed by atoms with Crippen LogP contribution in [0, 0.1) is 12.3 Å². The average molecular weight is 455 g/mol. The molecule has 1 atom stereocenters. The second kappa shape index (κ2) is 7.45. The minimum atomic E-state index is -0.224. The molecule has 1 saturated carbocycles. The van der Waals surface area contributed by atoms with Crippen molar-refractivity contribution in [1.29, 1.82) is 0 Å². The Morgan fingerprint density at radius 1 is 1.18 bits per heavy atom. The second-order valence-corrected chi connectivity index (χ2v) is 10.3. The van der Waals surface area contributed by atoms with Crippen molar-refractivity contribution >= 4 is 5.82 Å². The van der Waals surface area contributed by atoms with Gasteiger partial charge in [-0.1, -0.05) is 30.7 Å². The summed E-state index contributed by atoms with van der Waals surface area (Å²) in [6.45, 7) is 7.37. The van der Waals surface area contributed by atoms with E-state index in [1.54, 1.807) is 0 Å². The summed E-state index contributed by atoms with van der Waals surface area (Å²) in [5.74, 6) is 0.984. The van der Waals surface area contributed by atoms with E-state index in [0.717, 1.165) is 46.6 Å². The molecule has 2 aliphatic rings. The van der Waals surface area contributed by atoms with Gasteiger partial charge in [-0.2, -0.15) is 10.2 Å². The van der Waals surface area contributed by atoms with Crippen LogP contribution in [0.15, 0.2) is 42.9 Å². The van der Waals surface area contributed by atoms with Crippen LogP contribution in [-0.2, 0) is 20.0 Å². The number of rotatable bonds is 2. The van der Waals surface area contributed by atoms with Gasteiger partial charge < -0.3 is 10.5 Å². The summed E-state index contributed by atoms with van der Waals surface area (Å²) in [5, 5.41) is 9.71. The van der Waals surface area contributed by atoms with E-state index < -0.39 is 0 Å². The number of pyridine rings is 1. The van der Waals surface area contributed by atoms with E-state index in [1.807, 2.05) is 30.2 Å². The van der Waals surface area contributed by atoms with Crippen LogP contribution >= 0.6 is 0 Å². The van der Waals surface area contributed by atoms with Gasteiger partial charge in [0, 0.05) is 60.2 Å². The molecule has 0 amide bonds. The highest BCUT2D eigenvalue weighted by Crippen LogP contribution is 2.47. The van der Waals surface area contributed by atoms with Crippen LogP contribution in [0.1, 0.15) is 55.0 Å². The van der Waals surface area contributed by atoms with Crippen molar-refractivity contribution in [3.8, 4) is 28.3 Å². The van der Waals surface area contributed by atoms with E-state index in [4.69, 9.17) is 20.7 Å². The van der Waals surface area contributed by atoms with Crippen molar-refractivity contribution in [3.05, 3.63) is 65.1 Å². The van der Waals surface area contributed by atoms with Crippen molar-refractivity contribution in [2.75, 3.05) is 5.73 Å². The van der Waals surface area contributed by atoms with Gasteiger partial charge in [-0.05, 0) is 38.2 Å². The highest BCUT2D eigenvalue weighted by atomic mass is 16.5. The standard InChI is InChI=1S/C27H30N6O/c1-16-5-6-21-22(9-16)17(2)34-23-11-19(12-29-26(23)28)25-18(10-20-14-32(4)31-24(20)21)13-30-33(25)15-27(3)7-8-27/h5-6,9,11-14,17H,7-8,10,15H2,1-4H3,(H2,28,29). The number of fused-ring (bicyclic) bond motifs is 7. The van der Waals surface area contributed by atoms with E-state index in [9.17, 15) is 0 Å². The van der Waals surface area contributed by atoms with Crippen molar-refractivity contribution in [3.63, 3.8) is 0 Å². The molecular formula is C27H30N6O. The normalized spacial score (nSPS) is 18.1. The molecule has 1 aliphatic heterocycles. The Balaban J connectivity index is 1.59. The Kier molecular flexibility index (Phi) is 4.59. The van der Waals surface area contributed by atoms with Gasteiger partial charge in [-0.25, -0.2) is 4.98 Å². The van der Waals surface area contributed by atoms with Crippen molar-refractivity contribution in [2.24, 2.45) is 12.5 Å². The van der Waals surface area contributed by atoms with Crippen LogP contribution in [-0.4, -0.2) is 24.5 Å². The zero-order chi connectivity index (χ0) is 23.6. The first kappa shape index (κ1) is 21.0. The SMILES string of the molecule is Cc1ccc2c(c1)C(C)Oc1cc(cnc1N)-c1c(cnn1CC1(C)CC1)Cc1cn(C)nc1-2. The van der Waals surface area contributed by atoms with Crippen LogP contribution in [0.2, 0.25) is 0 Å². The third-order valence-electron chi connectivity index (χ3n) is 7.19. The monoisotopic (exact) mass is 454 g/mol. The maximum atomic E-state index is 6.45. The molecule has 0 spiro atoms. The summed E-state index contributed by atoms with van der Waals surface area (Å²) in [6.07, 6.45) is 8.93. The molecule has 4 heterocycles. The number of ether oxygens (including phenoxy) is 1. The fourth-order valence-electron chi connectivity index (χ4n) is 5.01. The zero-order valence-electron chi connectivity index (χ0n) is 20.2. The summed E-state index contributed by atoms with van der Waals surface area (Å²) in [6, 6.07) is 8.48. The van der Waals surface area contributed by atoms with Gasteiger partial charge in [0.1, 0.15) is 6.10 Å². The molecular weight excluding hydrogens is 424 g/mol. The number of nitrogens with zero attached hydrogens (tertiary/aromatic N) is 5. The van der Waals surface area contributed by atoms with Crippen LogP contribution in [0.5, 0.6) is 5.75 Å². The molecule has 0 radical (unpaired) electrons. The Labute approximate surface area is 199 Å². The van der Waals surface area contributed by atoms with E-state index in [1.165, 1.54) is 24.0 Å². The van der Waals surface area contributed by atoms with Gasteiger partial charge in [0.25, 0.3) is 0 Å². The lowest BCUT2D eigenvalue weighted by molar-refractivity contribution is 0.228.